The Balaban J connectivity index is 2.61. The Morgan fingerprint density at radius 3 is 2.71 bits per heavy atom. The van der Waals surface area contributed by atoms with E-state index in [0.717, 1.165) is 0 Å². The molecule has 0 amide bonds. The summed E-state index contributed by atoms with van der Waals surface area (Å²) in [6.07, 6.45) is -1.20. The third-order valence-corrected chi connectivity index (χ3v) is 2.63. The first-order valence-corrected chi connectivity index (χ1v) is 5.09. The first kappa shape index (κ1) is 11.6. The number of rotatable bonds is 3. The fourth-order valence-corrected chi connectivity index (χ4v) is 2.03. The second-order valence-corrected chi connectivity index (χ2v) is 3.95. The monoisotopic (exact) mass is 239 g/mol. The first-order valence-electron chi connectivity index (χ1n) is 5.09. The maximum atomic E-state index is 13.8. The van der Waals surface area contributed by atoms with Gasteiger partial charge in [0, 0.05) is 22.2 Å². The van der Waals surface area contributed by atoms with Gasteiger partial charge in [0.05, 0.1) is 0 Å². The van der Waals surface area contributed by atoms with Crippen molar-refractivity contribution in [2.24, 2.45) is 0 Å². The van der Waals surface area contributed by atoms with Gasteiger partial charge in [-0.1, -0.05) is 18.2 Å². The number of halogens is 2. The number of hydrogen-bond donors (Lipinski definition) is 2. The van der Waals surface area contributed by atoms with Gasteiger partial charge in [-0.2, -0.15) is 0 Å². The van der Waals surface area contributed by atoms with Gasteiger partial charge in [-0.05, 0) is 13.0 Å². The summed E-state index contributed by atoms with van der Waals surface area (Å²) >= 11 is 0. The van der Waals surface area contributed by atoms with Crippen molar-refractivity contribution < 1.29 is 18.7 Å². The molecule has 0 radical (unpaired) electrons. The number of aryl methyl sites for hydroxylation is 1. The molecular formula is C12H11F2NO2. The average molecular weight is 239 g/mol. The molecule has 0 spiro atoms. The summed E-state index contributed by atoms with van der Waals surface area (Å²) in [4.78, 5) is 13.3. The molecule has 1 aromatic carbocycles. The maximum Gasteiger partial charge on any atom is 0.309 e. The molecule has 0 aliphatic carbocycles. The van der Waals surface area contributed by atoms with Crippen molar-refractivity contribution in [3.8, 4) is 0 Å². The molecule has 5 heteroatoms. The normalized spacial score (nSPS) is 11.9. The van der Waals surface area contributed by atoms with E-state index >= 15 is 0 Å². The van der Waals surface area contributed by atoms with E-state index in [9.17, 15) is 13.6 Å². The van der Waals surface area contributed by atoms with Crippen LogP contribution in [0.15, 0.2) is 24.3 Å². The molecule has 0 aliphatic heterocycles. The highest BCUT2D eigenvalue weighted by Gasteiger charge is 2.38. The number of para-hydroxylation sites is 1. The Hall–Kier alpha value is -1.91. The number of carboxylic acids is 1. The number of alkyl halides is 2. The number of fused-ring (bicyclic) bond motifs is 1. The zero-order valence-electron chi connectivity index (χ0n) is 9.13. The summed E-state index contributed by atoms with van der Waals surface area (Å²) in [6, 6.07) is 6.62. The third kappa shape index (κ3) is 2.00. The Bertz CT molecular complexity index is 575. The highest BCUT2D eigenvalue weighted by Crippen LogP contribution is 2.38. The predicted octanol–water partition coefficient (Wildman–Crippen LogP) is 3.04. The van der Waals surface area contributed by atoms with Crippen molar-refractivity contribution in [1.82, 2.24) is 4.98 Å². The number of benzene rings is 1. The molecule has 1 aromatic heterocycles. The van der Waals surface area contributed by atoms with E-state index < -0.39 is 18.3 Å². The minimum Gasteiger partial charge on any atom is -0.481 e. The van der Waals surface area contributed by atoms with Crippen molar-refractivity contribution in [2.45, 2.75) is 19.3 Å². The molecule has 0 fully saturated rings. The van der Waals surface area contributed by atoms with Gasteiger partial charge >= 0.3 is 5.97 Å². The van der Waals surface area contributed by atoms with Gasteiger partial charge in [0.15, 0.2) is 0 Å². The highest BCUT2D eigenvalue weighted by atomic mass is 19.3. The van der Waals surface area contributed by atoms with Crippen LogP contribution in [0.2, 0.25) is 0 Å². The molecule has 3 nitrogen and oxygen atoms in total. The number of nitrogens with one attached hydrogen (secondary N) is 1. The third-order valence-electron chi connectivity index (χ3n) is 2.63. The van der Waals surface area contributed by atoms with Gasteiger partial charge in [-0.3, -0.25) is 4.79 Å². The Kier molecular flexibility index (Phi) is 2.61. The van der Waals surface area contributed by atoms with Gasteiger partial charge in [0.2, 0.25) is 0 Å². The fourth-order valence-electron chi connectivity index (χ4n) is 2.03. The van der Waals surface area contributed by atoms with E-state index in [-0.39, 0.29) is 5.56 Å². The summed E-state index contributed by atoms with van der Waals surface area (Å²) in [5.41, 5.74) is 0.665. The van der Waals surface area contributed by atoms with Crippen LogP contribution in [0.4, 0.5) is 8.78 Å². The molecular weight excluding hydrogens is 228 g/mol. The van der Waals surface area contributed by atoms with Gasteiger partial charge < -0.3 is 10.1 Å². The van der Waals surface area contributed by atoms with Crippen molar-refractivity contribution in [3.63, 3.8) is 0 Å². The van der Waals surface area contributed by atoms with Crippen LogP contribution >= 0.6 is 0 Å². The van der Waals surface area contributed by atoms with E-state index in [4.69, 9.17) is 5.11 Å². The van der Waals surface area contributed by atoms with Gasteiger partial charge in [0.25, 0.3) is 5.92 Å². The van der Waals surface area contributed by atoms with E-state index in [2.05, 4.69) is 4.98 Å². The summed E-state index contributed by atoms with van der Waals surface area (Å²) in [6.45, 7) is 1.52. The largest absolute Gasteiger partial charge is 0.481 e. The Morgan fingerprint density at radius 2 is 2.06 bits per heavy atom. The Morgan fingerprint density at radius 1 is 1.41 bits per heavy atom. The smallest absolute Gasteiger partial charge is 0.309 e. The number of aromatic nitrogens is 1. The molecule has 0 atom stereocenters. The van der Waals surface area contributed by atoms with Crippen LogP contribution in [-0.4, -0.2) is 16.1 Å². The molecule has 2 rings (SSSR count). The maximum absolute atomic E-state index is 13.8. The summed E-state index contributed by atoms with van der Waals surface area (Å²) in [5, 5.41) is 8.89. The van der Waals surface area contributed by atoms with Gasteiger partial charge in [-0.15, -0.1) is 0 Å². The van der Waals surface area contributed by atoms with Crippen molar-refractivity contribution in [1.29, 1.82) is 0 Å². The van der Waals surface area contributed by atoms with E-state index in [0.29, 0.717) is 16.6 Å². The molecule has 0 saturated carbocycles. The fraction of sp³-hybridized carbons (Fsp3) is 0.250. The molecule has 2 N–H and O–H groups in total. The summed E-state index contributed by atoms with van der Waals surface area (Å²) in [7, 11) is 0. The lowest BCUT2D eigenvalue weighted by molar-refractivity contribution is -0.145. The molecule has 0 bridgehead atoms. The van der Waals surface area contributed by atoms with Crippen LogP contribution in [0.25, 0.3) is 10.9 Å². The van der Waals surface area contributed by atoms with Crippen LogP contribution in [0, 0.1) is 6.92 Å². The minimum atomic E-state index is -3.37. The van der Waals surface area contributed by atoms with Crippen molar-refractivity contribution in [2.75, 3.05) is 0 Å². The molecule has 90 valence electrons. The number of aromatic amines is 1. The standard InChI is InChI=1S/C12H11F2NO2/c1-7-11(12(13,14)6-10(16)17)8-4-2-3-5-9(8)15-7/h2-5,15H,6H2,1H3,(H,16,17). The SMILES string of the molecule is Cc1[nH]c2ccccc2c1C(F)(F)CC(=O)O. The highest BCUT2D eigenvalue weighted by molar-refractivity contribution is 5.86. The molecule has 1 heterocycles. The van der Waals surface area contributed by atoms with Crippen LogP contribution in [0.3, 0.4) is 0 Å². The van der Waals surface area contributed by atoms with Gasteiger partial charge in [0.1, 0.15) is 6.42 Å². The number of hydrogen-bond acceptors (Lipinski definition) is 1. The molecule has 0 unspecified atom stereocenters. The molecule has 17 heavy (non-hydrogen) atoms. The predicted molar refractivity (Wildman–Crippen MR) is 59.2 cm³/mol. The molecule has 0 aliphatic rings. The first-order chi connectivity index (χ1) is 7.92. The molecule has 0 saturated heterocycles. The van der Waals surface area contributed by atoms with Crippen molar-refractivity contribution >= 4 is 16.9 Å². The zero-order valence-corrected chi connectivity index (χ0v) is 9.13. The lowest BCUT2D eigenvalue weighted by Crippen LogP contribution is -2.19. The van der Waals surface area contributed by atoms with Crippen molar-refractivity contribution in [3.05, 3.63) is 35.5 Å². The van der Waals surface area contributed by atoms with Crippen LogP contribution in [0.5, 0.6) is 0 Å². The number of H-pyrrole nitrogens is 1. The molecule has 2 aromatic rings. The number of carbonyl (C=O) groups is 1. The zero-order chi connectivity index (χ0) is 12.6. The second kappa shape index (κ2) is 3.84. The summed E-state index contributed by atoms with van der Waals surface area (Å²) < 4.78 is 27.7. The minimum absolute atomic E-state index is 0.226. The topological polar surface area (TPSA) is 53.1 Å². The van der Waals surface area contributed by atoms with E-state index in [1.54, 1.807) is 24.3 Å². The average Bonchev–Trinajstić information content (AvgIpc) is 2.51. The second-order valence-electron chi connectivity index (χ2n) is 3.95. The number of aliphatic carboxylic acids is 1. The quantitative estimate of drug-likeness (QED) is 0.864. The Labute approximate surface area is 96.1 Å². The van der Waals surface area contributed by atoms with E-state index in [1.165, 1.54) is 6.92 Å². The van der Waals surface area contributed by atoms with E-state index in [1.807, 2.05) is 0 Å². The lowest BCUT2D eigenvalue weighted by atomic mass is 10.0. The number of carboxylic acid groups (broad SMARTS) is 1. The van der Waals surface area contributed by atoms with Crippen LogP contribution < -0.4 is 0 Å². The lowest BCUT2D eigenvalue weighted by Gasteiger charge is -2.14. The van der Waals surface area contributed by atoms with Gasteiger partial charge in [-0.25, -0.2) is 8.78 Å². The van der Waals surface area contributed by atoms with Crippen LogP contribution in [0.1, 0.15) is 17.7 Å². The summed E-state index contributed by atoms with van der Waals surface area (Å²) in [5.74, 6) is -4.88. The van der Waals surface area contributed by atoms with Crippen LogP contribution in [-0.2, 0) is 10.7 Å².